The Hall–Kier alpha value is -1.83. The van der Waals surface area contributed by atoms with Crippen molar-refractivity contribution in [2.45, 2.75) is 39.4 Å². The minimum absolute atomic E-state index is 0.0688. The van der Waals surface area contributed by atoms with E-state index in [1.165, 1.54) is 11.8 Å². The molecule has 1 amide bonds. The minimum atomic E-state index is -0.0688. The number of hydrogen-bond acceptors (Lipinski definition) is 4. The normalized spacial score (nSPS) is 11.2. The summed E-state index contributed by atoms with van der Waals surface area (Å²) in [6.45, 7) is 9.02. The van der Waals surface area contributed by atoms with Crippen molar-refractivity contribution in [3.63, 3.8) is 0 Å². The number of nitrogens with zero attached hydrogens (tertiary/aromatic N) is 3. The van der Waals surface area contributed by atoms with Crippen LogP contribution < -0.4 is 5.32 Å². The van der Waals surface area contributed by atoms with Gasteiger partial charge in [0.15, 0.2) is 11.0 Å². The Kier molecular flexibility index (Phi) is 7.60. The van der Waals surface area contributed by atoms with Gasteiger partial charge in [0, 0.05) is 27.3 Å². The minimum Gasteiger partial charge on any atom is -0.325 e. The molecule has 1 heterocycles. The highest BCUT2D eigenvalue weighted by molar-refractivity contribution is 9.10. The summed E-state index contributed by atoms with van der Waals surface area (Å²) in [5.41, 5.74) is 3.85. The standard InChI is InChI=1S/C22H24BrClN4OS/c1-13(2)11-28-21(16-5-7-18(24)8-6-16)26-27-22(28)30-12-19(29)25-20-14(3)9-17(23)10-15(20)4/h5-10,13H,11-12H2,1-4H3,(H,25,29). The largest absolute Gasteiger partial charge is 0.325 e. The maximum atomic E-state index is 12.6. The molecule has 1 aromatic heterocycles. The summed E-state index contributed by atoms with van der Waals surface area (Å²) in [6.07, 6.45) is 0. The van der Waals surface area contributed by atoms with E-state index in [0.717, 1.165) is 44.4 Å². The molecule has 8 heteroatoms. The molecule has 0 bridgehead atoms. The molecule has 0 fully saturated rings. The smallest absolute Gasteiger partial charge is 0.234 e. The van der Waals surface area contributed by atoms with Gasteiger partial charge in [-0.2, -0.15) is 0 Å². The lowest BCUT2D eigenvalue weighted by Gasteiger charge is -2.14. The Bertz CT molecular complexity index is 1030. The van der Waals surface area contributed by atoms with Crippen molar-refractivity contribution in [1.82, 2.24) is 14.8 Å². The quantitative estimate of drug-likeness (QED) is 0.378. The molecule has 0 spiro atoms. The van der Waals surface area contributed by atoms with Crippen LogP contribution in [0.2, 0.25) is 5.02 Å². The van der Waals surface area contributed by atoms with Crippen LogP contribution in [0.25, 0.3) is 11.4 Å². The third-order valence-electron chi connectivity index (χ3n) is 4.46. The molecule has 158 valence electrons. The van der Waals surface area contributed by atoms with Crippen LogP contribution in [0.3, 0.4) is 0 Å². The van der Waals surface area contributed by atoms with Crippen molar-refractivity contribution in [3.8, 4) is 11.4 Å². The number of amides is 1. The first-order valence-electron chi connectivity index (χ1n) is 9.63. The summed E-state index contributed by atoms with van der Waals surface area (Å²) in [5, 5.41) is 13.2. The molecule has 2 aromatic carbocycles. The van der Waals surface area contributed by atoms with Gasteiger partial charge in [-0.25, -0.2) is 0 Å². The molecule has 0 aliphatic heterocycles. The molecule has 0 atom stereocenters. The zero-order valence-electron chi connectivity index (χ0n) is 17.4. The lowest BCUT2D eigenvalue weighted by molar-refractivity contribution is -0.113. The Labute approximate surface area is 194 Å². The maximum Gasteiger partial charge on any atom is 0.234 e. The summed E-state index contributed by atoms with van der Waals surface area (Å²) in [5.74, 6) is 1.38. The van der Waals surface area contributed by atoms with Crippen molar-refractivity contribution in [2.75, 3.05) is 11.1 Å². The second kappa shape index (κ2) is 9.98. The number of thioether (sulfide) groups is 1. The fourth-order valence-electron chi connectivity index (χ4n) is 3.15. The molecule has 0 unspecified atom stereocenters. The molecule has 30 heavy (non-hydrogen) atoms. The summed E-state index contributed by atoms with van der Waals surface area (Å²) < 4.78 is 3.07. The zero-order chi connectivity index (χ0) is 21.8. The van der Waals surface area contributed by atoms with E-state index in [1.807, 2.05) is 50.2 Å². The topological polar surface area (TPSA) is 59.8 Å². The number of carbonyl (C=O) groups is 1. The van der Waals surface area contributed by atoms with Crippen LogP contribution in [0.15, 0.2) is 46.0 Å². The lowest BCUT2D eigenvalue weighted by Crippen LogP contribution is -2.16. The number of nitrogens with one attached hydrogen (secondary N) is 1. The van der Waals surface area contributed by atoms with Crippen molar-refractivity contribution < 1.29 is 4.79 Å². The van der Waals surface area contributed by atoms with Crippen LogP contribution in [-0.2, 0) is 11.3 Å². The first-order valence-corrected chi connectivity index (χ1v) is 11.8. The van der Waals surface area contributed by atoms with Gasteiger partial charge in [0.2, 0.25) is 5.91 Å². The van der Waals surface area contributed by atoms with Crippen LogP contribution in [-0.4, -0.2) is 26.4 Å². The van der Waals surface area contributed by atoms with Crippen molar-refractivity contribution >= 4 is 50.9 Å². The van der Waals surface area contributed by atoms with E-state index < -0.39 is 0 Å². The van der Waals surface area contributed by atoms with Gasteiger partial charge in [0.25, 0.3) is 0 Å². The number of halogens is 2. The van der Waals surface area contributed by atoms with E-state index in [-0.39, 0.29) is 11.7 Å². The van der Waals surface area contributed by atoms with Gasteiger partial charge in [-0.3, -0.25) is 4.79 Å². The fourth-order valence-corrected chi connectivity index (χ4v) is 4.71. The molecule has 3 aromatic rings. The number of anilines is 1. The lowest BCUT2D eigenvalue weighted by atomic mass is 10.1. The van der Waals surface area contributed by atoms with Gasteiger partial charge in [-0.15, -0.1) is 10.2 Å². The van der Waals surface area contributed by atoms with Crippen LogP contribution in [0.1, 0.15) is 25.0 Å². The van der Waals surface area contributed by atoms with Crippen molar-refractivity contribution in [1.29, 1.82) is 0 Å². The maximum absolute atomic E-state index is 12.6. The third kappa shape index (κ3) is 5.65. The van der Waals surface area contributed by atoms with Gasteiger partial charge in [0.05, 0.1) is 5.75 Å². The second-order valence-electron chi connectivity index (χ2n) is 7.57. The Morgan fingerprint density at radius 2 is 1.80 bits per heavy atom. The first kappa shape index (κ1) is 22.8. The van der Waals surface area contributed by atoms with Crippen LogP contribution in [0.5, 0.6) is 0 Å². The van der Waals surface area contributed by atoms with E-state index in [1.54, 1.807) is 0 Å². The highest BCUT2D eigenvalue weighted by Gasteiger charge is 2.17. The second-order valence-corrected chi connectivity index (χ2v) is 9.86. The van der Waals surface area contributed by atoms with Gasteiger partial charge >= 0.3 is 0 Å². The molecule has 0 aliphatic carbocycles. The van der Waals surface area contributed by atoms with Gasteiger partial charge in [0.1, 0.15) is 0 Å². The van der Waals surface area contributed by atoms with E-state index in [4.69, 9.17) is 11.6 Å². The van der Waals surface area contributed by atoms with Crippen LogP contribution in [0, 0.1) is 19.8 Å². The van der Waals surface area contributed by atoms with Crippen LogP contribution >= 0.6 is 39.3 Å². The molecule has 0 radical (unpaired) electrons. The third-order valence-corrected chi connectivity index (χ3v) is 6.14. The average molecular weight is 508 g/mol. The van der Waals surface area contributed by atoms with E-state index in [0.29, 0.717) is 10.9 Å². The number of aromatic nitrogens is 3. The summed E-state index contributed by atoms with van der Waals surface area (Å²) in [6, 6.07) is 11.5. The number of hydrogen-bond donors (Lipinski definition) is 1. The molecule has 5 nitrogen and oxygen atoms in total. The molecule has 1 N–H and O–H groups in total. The van der Waals surface area contributed by atoms with E-state index >= 15 is 0 Å². The Balaban J connectivity index is 1.76. The van der Waals surface area contributed by atoms with Crippen molar-refractivity contribution in [2.24, 2.45) is 5.92 Å². The molecule has 0 saturated carbocycles. The zero-order valence-corrected chi connectivity index (χ0v) is 20.5. The molecule has 0 aliphatic rings. The number of carbonyl (C=O) groups excluding carboxylic acids is 1. The number of rotatable bonds is 7. The van der Waals surface area contributed by atoms with Gasteiger partial charge in [-0.1, -0.05) is 53.1 Å². The molecular formula is C22H24BrClN4OS. The monoisotopic (exact) mass is 506 g/mol. The van der Waals surface area contributed by atoms with Gasteiger partial charge < -0.3 is 9.88 Å². The average Bonchev–Trinajstić information content (AvgIpc) is 3.05. The summed E-state index contributed by atoms with van der Waals surface area (Å²) in [4.78, 5) is 12.6. The first-order chi connectivity index (χ1) is 14.2. The Morgan fingerprint density at radius 3 is 2.40 bits per heavy atom. The fraction of sp³-hybridized carbons (Fsp3) is 0.318. The predicted molar refractivity (Wildman–Crippen MR) is 128 cm³/mol. The highest BCUT2D eigenvalue weighted by Crippen LogP contribution is 2.28. The van der Waals surface area contributed by atoms with Crippen molar-refractivity contribution in [3.05, 3.63) is 57.0 Å². The van der Waals surface area contributed by atoms with Gasteiger partial charge in [-0.05, 0) is 67.3 Å². The molecule has 0 saturated heterocycles. The molecule has 3 rings (SSSR count). The Morgan fingerprint density at radius 1 is 1.17 bits per heavy atom. The van der Waals surface area contributed by atoms with E-state index in [2.05, 4.69) is 49.9 Å². The van der Waals surface area contributed by atoms with Crippen LogP contribution in [0.4, 0.5) is 5.69 Å². The molecular weight excluding hydrogens is 484 g/mol. The highest BCUT2D eigenvalue weighted by atomic mass is 79.9. The number of aryl methyl sites for hydroxylation is 2. The predicted octanol–water partition coefficient (Wildman–Crippen LogP) is 6.36. The summed E-state index contributed by atoms with van der Waals surface area (Å²) in [7, 11) is 0. The number of benzene rings is 2. The summed E-state index contributed by atoms with van der Waals surface area (Å²) >= 11 is 10.9. The van der Waals surface area contributed by atoms with E-state index in [9.17, 15) is 4.79 Å². The SMILES string of the molecule is Cc1cc(Br)cc(C)c1NC(=O)CSc1nnc(-c2ccc(Cl)cc2)n1CC(C)C.